The van der Waals surface area contributed by atoms with Gasteiger partial charge in [0.2, 0.25) is 0 Å². The van der Waals surface area contributed by atoms with Crippen molar-refractivity contribution in [2.24, 2.45) is 0 Å². The second-order valence-corrected chi connectivity index (χ2v) is 10.2. The van der Waals surface area contributed by atoms with E-state index in [1.807, 2.05) is 20.8 Å². The highest BCUT2D eigenvalue weighted by molar-refractivity contribution is 7.90. The predicted molar refractivity (Wildman–Crippen MR) is 105 cm³/mol. The molecule has 0 aliphatic heterocycles. The maximum absolute atomic E-state index is 13.0. The lowest BCUT2D eigenvalue weighted by molar-refractivity contribution is -0.137. The summed E-state index contributed by atoms with van der Waals surface area (Å²) in [5.74, 6) is 0. The van der Waals surface area contributed by atoms with E-state index in [4.69, 9.17) is 0 Å². The van der Waals surface area contributed by atoms with E-state index in [1.54, 1.807) is 6.92 Å². The Kier molecular flexibility index (Phi) is 7.27. The molecule has 1 aliphatic carbocycles. The molecule has 28 heavy (non-hydrogen) atoms. The fraction of sp³-hybridized carbons (Fsp3) is 0.632. The average molecular weight is 420 g/mol. The summed E-state index contributed by atoms with van der Waals surface area (Å²) in [5.41, 5.74) is -0.313. The largest absolute Gasteiger partial charge is 0.598 e. The summed E-state index contributed by atoms with van der Waals surface area (Å²) in [5, 5.41) is 5.32. The van der Waals surface area contributed by atoms with Crippen molar-refractivity contribution in [1.82, 2.24) is 10.0 Å². The third-order valence-corrected chi connectivity index (χ3v) is 6.19. The topological polar surface area (TPSA) is 76.2 Å². The second-order valence-electron chi connectivity index (χ2n) is 8.18. The van der Waals surface area contributed by atoms with Crippen LogP contribution in [0.25, 0.3) is 0 Å². The summed E-state index contributed by atoms with van der Waals surface area (Å²) in [6.45, 7) is 7.14. The van der Waals surface area contributed by atoms with Crippen molar-refractivity contribution >= 4 is 23.1 Å². The molecular formula is C19H28F3N3O2S. The minimum atomic E-state index is -4.48. The molecule has 0 spiro atoms. The first-order valence-electron chi connectivity index (χ1n) is 9.31. The Hall–Kier alpha value is -1.45. The van der Waals surface area contributed by atoms with Gasteiger partial charge in [-0.15, -0.1) is 4.72 Å². The Balaban J connectivity index is 2.03. The molecule has 3 N–H and O–H groups in total. The van der Waals surface area contributed by atoms with E-state index >= 15 is 0 Å². The highest BCUT2D eigenvalue weighted by Gasteiger charge is 2.35. The number of carbonyl (C=O) groups is 1. The van der Waals surface area contributed by atoms with Crippen LogP contribution >= 0.6 is 0 Å². The summed E-state index contributed by atoms with van der Waals surface area (Å²) >= 11 is -1.27. The first-order valence-corrected chi connectivity index (χ1v) is 10.5. The Bertz CT molecular complexity index is 692. The zero-order valence-corrected chi connectivity index (χ0v) is 17.4. The van der Waals surface area contributed by atoms with Crippen LogP contribution in [0.1, 0.15) is 57.6 Å². The van der Waals surface area contributed by atoms with Crippen LogP contribution < -0.4 is 15.4 Å². The minimum Gasteiger partial charge on any atom is -0.598 e. The Morgan fingerprint density at radius 3 is 2.29 bits per heavy atom. The third-order valence-electron chi connectivity index (χ3n) is 4.56. The number of anilines is 1. The number of aryl methyl sites for hydroxylation is 1. The Labute approximate surface area is 167 Å². The predicted octanol–water partition coefficient (Wildman–Crippen LogP) is 4.50. The Morgan fingerprint density at radius 1 is 1.11 bits per heavy atom. The molecule has 1 unspecified atom stereocenters. The van der Waals surface area contributed by atoms with Crippen LogP contribution in [0.4, 0.5) is 23.7 Å². The third kappa shape index (κ3) is 6.56. The van der Waals surface area contributed by atoms with E-state index in [9.17, 15) is 22.5 Å². The normalized spacial score (nSPS) is 21.9. The molecule has 1 aromatic rings. The number of hydrogen-bond donors (Lipinski definition) is 3. The van der Waals surface area contributed by atoms with E-state index in [0.717, 1.165) is 31.4 Å². The lowest BCUT2D eigenvalue weighted by Crippen LogP contribution is -2.56. The van der Waals surface area contributed by atoms with Crippen molar-refractivity contribution in [2.45, 2.75) is 76.4 Å². The van der Waals surface area contributed by atoms with Gasteiger partial charge in [-0.25, -0.2) is 4.79 Å². The molecule has 5 nitrogen and oxygen atoms in total. The Morgan fingerprint density at radius 2 is 1.71 bits per heavy atom. The first kappa shape index (κ1) is 22.8. The van der Waals surface area contributed by atoms with Crippen molar-refractivity contribution in [1.29, 1.82) is 0 Å². The molecule has 3 atom stereocenters. The molecule has 158 valence electrons. The monoisotopic (exact) mass is 419 g/mol. The van der Waals surface area contributed by atoms with Crippen LogP contribution in [0.2, 0.25) is 0 Å². The molecule has 1 fully saturated rings. The van der Waals surface area contributed by atoms with Gasteiger partial charge >= 0.3 is 12.2 Å². The van der Waals surface area contributed by atoms with Crippen LogP contribution in [0.5, 0.6) is 0 Å². The fourth-order valence-electron chi connectivity index (χ4n) is 3.11. The second kappa shape index (κ2) is 8.92. The molecule has 9 heteroatoms. The van der Waals surface area contributed by atoms with Gasteiger partial charge in [0.15, 0.2) is 0 Å². The average Bonchev–Trinajstić information content (AvgIpc) is 2.54. The van der Waals surface area contributed by atoms with Gasteiger partial charge in [0, 0.05) is 17.0 Å². The van der Waals surface area contributed by atoms with Crippen molar-refractivity contribution in [3.8, 4) is 0 Å². The summed E-state index contributed by atoms with van der Waals surface area (Å²) in [4.78, 5) is 12.4. The zero-order chi connectivity index (χ0) is 21.1. The highest BCUT2D eigenvalue weighted by atomic mass is 32.2. The summed E-state index contributed by atoms with van der Waals surface area (Å²) in [6, 6.07) is 2.47. The van der Waals surface area contributed by atoms with Crippen molar-refractivity contribution in [2.75, 3.05) is 5.32 Å². The number of nitrogens with one attached hydrogen (secondary N) is 3. The van der Waals surface area contributed by atoms with E-state index in [2.05, 4.69) is 15.4 Å². The SMILES string of the molecule is Cc1cc(NC(=O)N[C@@H]2CCCC[C@H]2N[S+]([O-])C(C)(C)C)cc(C(F)(F)F)c1. The number of alkyl halides is 3. The van der Waals surface area contributed by atoms with Crippen molar-refractivity contribution in [3.05, 3.63) is 29.3 Å². The van der Waals surface area contributed by atoms with Gasteiger partial charge in [-0.05, 0) is 64.3 Å². The molecule has 0 radical (unpaired) electrons. The van der Waals surface area contributed by atoms with Crippen LogP contribution in [0, 0.1) is 6.92 Å². The maximum Gasteiger partial charge on any atom is 0.416 e. The molecule has 2 rings (SSSR count). The lowest BCUT2D eigenvalue weighted by atomic mass is 9.91. The summed E-state index contributed by atoms with van der Waals surface area (Å²) < 4.78 is 53.9. The lowest BCUT2D eigenvalue weighted by Gasteiger charge is -2.35. The summed E-state index contributed by atoms with van der Waals surface area (Å²) in [6.07, 6.45) is -1.10. The van der Waals surface area contributed by atoms with Crippen molar-refractivity contribution < 1.29 is 22.5 Å². The fourth-order valence-corrected chi connectivity index (χ4v) is 4.02. The van der Waals surface area contributed by atoms with Crippen molar-refractivity contribution in [3.63, 3.8) is 0 Å². The molecule has 1 aliphatic rings. The molecule has 0 saturated heterocycles. The van der Waals surface area contributed by atoms with Crippen LogP contribution in [0.15, 0.2) is 18.2 Å². The quantitative estimate of drug-likeness (QED) is 0.629. The van der Waals surface area contributed by atoms with E-state index in [1.165, 1.54) is 6.07 Å². The number of amides is 2. The van der Waals surface area contributed by atoms with Gasteiger partial charge in [0.25, 0.3) is 0 Å². The number of urea groups is 1. The number of benzene rings is 1. The van der Waals surface area contributed by atoms with E-state index in [0.29, 0.717) is 12.0 Å². The van der Waals surface area contributed by atoms with Gasteiger partial charge < -0.3 is 15.2 Å². The zero-order valence-electron chi connectivity index (χ0n) is 16.6. The number of halogens is 3. The first-order chi connectivity index (χ1) is 12.9. The molecule has 0 aromatic heterocycles. The van der Waals surface area contributed by atoms with Crippen LogP contribution in [-0.2, 0) is 17.5 Å². The van der Waals surface area contributed by atoms with E-state index in [-0.39, 0.29) is 17.8 Å². The van der Waals surface area contributed by atoms with Crippen LogP contribution in [-0.4, -0.2) is 27.4 Å². The standard InChI is InChI=1S/C19H28F3N3O2S/c1-12-9-13(19(20,21)22)11-14(10-12)23-17(26)24-15-7-5-6-8-16(15)25-28(27)18(2,3)4/h9-11,15-16,25H,5-8H2,1-4H3,(H2,23,24,26)/t15-,16-,28?/m1/s1. The molecule has 0 heterocycles. The molecule has 1 saturated carbocycles. The molecule has 0 bridgehead atoms. The molecule has 1 aromatic carbocycles. The van der Waals surface area contributed by atoms with Gasteiger partial charge in [-0.1, -0.05) is 12.8 Å². The summed E-state index contributed by atoms with van der Waals surface area (Å²) in [7, 11) is 0. The van der Waals surface area contributed by atoms with Gasteiger partial charge in [0.1, 0.15) is 4.75 Å². The molecule has 2 amide bonds. The highest BCUT2D eigenvalue weighted by Crippen LogP contribution is 2.32. The van der Waals surface area contributed by atoms with E-state index < -0.39 is 33.9 Å². The minimum absolute atomic E-state index is 0.0865. The molecular weight excluding hydrogens is 391 g/mol. The maximum atomic E-state index is 13.0. The van der Waals surface area contributed by atoms with Gasteiger partial charge in [-0.2, -0.15) is 13.2 Å². The number of hydrogen-bond acceptors (Lipinski definition) is 3. The van der Waals surface area contributed by atoms with Gasteiger partial charge in [-0.3, -0.25) is 0 Å². The smallest absolute Gasteiger partial charge is 0.416 e. The van der Waals surface area contributed by atoms with Crippen LogP contribution in [0.3, 0.4) is 0 Å². The number of carbonyl (C=O) groups excluding carboxylic acids is 1. The number of rotatable bonds is 4. The van der Waals surface area contributed by atoms with Gasteiger partial charge in [0.05, 0.1) is 17.6 Å².